The highest BCUT2D eigenvalue weighted by Crippen LogP contribution is 2.48. The molecule has 1 aliphatic heterocycles. The van der Waals surface area contributed by atoms with Crippen molar-refractivity contribution < 1.29 is 0 Å². The molecule has 45 heavy (non-hydrogen) atoms. The van der Waals surface area contributed by atoms with Crippen LogP contribution in [0.3, 0.4) is 0 Å². The molecule has 1 heterocycles. The van der Waals surface area contributed by atoms with Crippen LogP contribution in [0.15, 0.2) is 121 Å². The van der Waals surface area contributed by atoms with E-state index >= 15 is 0 Å². The number of benzene rings is 6. The summed E-state index contributed by atoms with van der Waals surface area (Å²) < 4.78 is 0. The standard InChI is InChI=1S/C42H37N3/c1-41(2,3)31-14-18-33(19-15-31)45(32-16-8-28(27-43)9-17-32)37-23-13-30-10-20-34-36(22-12-29-11-21-35(37)40(30)39(29)34)44-26-25-42(4)24-6-5-7-38(42)44/h5-24,38H,25-26H2,1-4H3. The molecule has 8 rings (SSSR count). The van der Waals surface area contributed by atoms with E-state index in [2.05, 4.69) is 153 Å². The molecule has 0 spiro atoms. The van der Waals surface area contributed by atoms with E-state index in [4.69, 9.17) is 0 Å². The Morgan fingerprint density at radius 1 is 0.756 bits per heavy atom. The Kier molecular flexibility index (Phi) is 6.09. The Balaban J connectivity index is 1.34. The predicted molar refractivity (Wildman–Crippen MR) is 190 cm³/mol. The highest BCUT2D eigenvalue weighted by atomic mass is 15.2. The van der Waals surface area contributed by atoms with Gasteiger partial charge in [-0.25, -0.2) is 0 Å². The first-order valence-corrected chi connectivity index (χ1v) is 16.0. The Labute approximate surface area is 265 Å². The molecule has 1 saturated heterocycles. The second-order valence-corrected chi connectivity index (χ2v) is 14.0. The summed E-state index contributed by atoms with van der Waals surface area (Å²) in [6.07, 6.45) is 10.3. The number of fused-ring (bicyclic) bond motifs is 1. The average molecular weight is 584 g/mol. The number of hydrogen-bond acceptors (Lipinski definition) is 3. The van der Waals surface area contributed by atoms with E-state index in [1.807, 2.05) is 12.1 Å². The van der Waals surface area contributed by atoms with E-state index in [0.29, 0.717) is 11.6 Å². The minimum Gasteiger partial charge on any atom is -0.364 e. The molecule has 2 atom stereocenters. The molecular formula is C42H37N3. The van der Waals surface area contributed by atoms with Crippen molar-refractivity contribution >= 4 is 55.1 Å². The van der Waals surface area contributed by atoms with Gasteiger partial charge in [-0.3, -0.25) is 0 Å². The lowest BCUT2D eigenvalue weighted by molar-refractivity contribution is 0.425. The van der Waals surface area contributed by atoms with Crippen LogP contribution in [0.1, 0.15) is 45.2 Å². The summed E-state index contributed by atoms with van der Waals surface area (Å²) in [5.41, 5.74) is 6.76. The van der Waals surface area contributed by atoms with Gasteiger partial charge in [-0.1, -0.05) is 101 Å². The lowest BCUT2D eigenvalue weighted by Crippen LogP contribution is -2.36. The van der Waals surface area contributed by atoms with E-state index in [1.165, 1.54) is 43.6 Å². The number of allylic oxidation sites excluding steroid dienone is 2. The van der Waals surface area contributed by atoms with Crippen LogP contribution in [-0.4, -0.2) is 12.6 Å². The van der Waals surface area contributed by atoms with Gasteiger partial charge >= 0.3 is 0 Å². The van der Waals surface area contributed by atoms with Gasteiger partial charge < -0.3 is 9.80 Å². The van der Waals surface area contributed by atoms with Crippen molar-refractivity contribution in [3.8, 4) is 6.07 Å². The van der Waals surface area contributed by atoms with Gasteiger partial charge in [0.1, 0.15) is 0 Å². The SMILES string of the molecule is CC(C)(C)c1ccc(N(c2ccc(C#N)cc2)c2ccc3ccc4c(N5CCC6(C)C=CC=CC56)ccc5ccc2c3c54)cc1. The second kappa shape index (κ2) is 9.98. The Hall–Kier alpha value is -5.07. The molecule has 3 heteroatoms. The van der Waals surface area contributed by atoms with Gasteiger partial charge in [0, 0.05) is 39.8 Å². The van der Waals surface area contributed by atoms with Crippen LogP contribution in [0.25, 0.3) is 32.3 Å². The highest BCUT2D eigenvalue weighted by Gasteiger charge is 2.42. The van der Waals surface area contributed by atoms with Gasteiger partial charge in [0.2, 0.25) is 0 Å². The van der Waals surface area contributed by atoms with E-state index in [0.717, 1.165) is 30.0 Å². The first-order valence-electron chi connectivity index (χ1n) is 16.0. The van der Waals surface area contributed by atoms with E-state index in [1.54, 1.807) is 0 Å². The molecule has 1 fully saturated rings. The fraction of sp³-hybridized carbons (Fsp3) is 0.214. The van der Waals surface area contributed by atoms with Crippen molar-refractivity contribution in [3.05, 3.63) is 132 Å². The number of nitriles is 1. The molecule has 6 aromatic carbocycles. The molecule has 1 aliphatic carbocycles. The van der Waals surface area contributed by atoms with Crippen molar-refractivity contribution in [2.45, 2.75) is 45.6 Å². The van der Waals surface area contributed by atoms with Gasteiger partial charge in [0.25, 0.3) is 0 Å². The quantitative estimate of drug-likeness (QED) is 0.193. The van der Waals surface area contributed by atoms with Gasteiger partial charge in [-0.2, -0.15) is 5.26 Å². The third-order valence-electron chi connectivity index (χ3n) is 10.2. The normalized spacial score (nSPS) is 19.4. The maximum atomic E-state index is 9.51. The fourth-order valence-corrected chi connectivity index (χ4v) is 7.66. The molecule has 6 aromatic rings. The van der Waals surface area contributed by atoms with Crippen LogP contribution in [0.5, 0.6) is 0 Å². The van der Waals surface area contributed by atoms with Gasteiger partial charge in [0.05, 0.1) is 23.4 Å². The zero-order valence-corrected chi connectivity index (χ0v) is 26.4. The van der Waals surface area contributed by atoms with Crippen molar-refractivity contribution in [1.82, 2.24) is 0 Å². The zero-order valence-electron chi connectivity index (χ0n) is 26.4. The lowest BCUT2D eigenvalue weighted by atomic mass is 9.79. The summed E-state index contributed by atoms with van der Waals surface area (Å²) in [6.45, 7) is 10.2. The Bertz CT molecular complexity index is 2170. The second-order valence-electron chi connectivity index (χ2n) is 14.0. The number of hydrogen-bond donors (Lipinski definition) is 0. The summed E-state index contributed by atoms with van der Waals surface area (Å²) in [5.74, 6) is 0. The van der Waals surface area contributed by atoms with E-state index < -0.39 is 0 Å². The third-order valence-corrected chi connectivity index (χ3v) is 10.2. The van der Waals surface area contributed by atoms with Crippen molar-refractivity contribution in [3.63, 3.8) is 0 Å². The van der Waals surface area contributed by atoms with Crippen molar-refractivity contribution in [2.75, 3.05) is 16.3 Å². The maximum absolute atomic E-state index is 9.51. The van der Waals surface area contributed by atoms with Gasteiger partial charge in [-0.15, -0.1) is 0 Å². The molecule has 2 unspecified atom stereocenters. The van der Waals surface area contributed by atoms with Crippen LogP contribution >= 0.6 is 0 Å². The van der Waals surface area contributed by atoms with Crippen LogP contribution in [0.2, 0.25) is 0 Å². The predicted octanol–water partition coefficient (Wildman–Crippen LogP) is 10.9. The summed E-state index contributed by atoms with van der Waals surface area (Å²) in [7, 11) is 0. The number of nitrogens with zero attached hydrogens (tertiary/aromatic N) is 3. The van der Waals surface area contributed by atoms with Crippen molar-refractivity contribution in [2.24, 2.45) is 5.41 Å². The molecule has 220 valence electrons. The summed E-state index contributed by atoms with van der Waals surface area (Å²) in [5, 5.41) is 17.2. The zero-order chi connectivity index (χ0) is 30.9. The molecule has 3 nitrogen and oxygen atoms in total. The first-order chi connectivity index (χ1) is 21.7. The maximum Gasteiger partial charge on any atom is 0.0991 e. The van der Waals surface area contributed by atoms with Crippen LogP contribution in [0.4, 0.5) is 22.7 Å². The minimum absolute atomic E-state index is 0.0684. The summed E-state index contributed by atoms with van der Waals surface area (Å²) in [4.78, 5) is 4.96. The lowest BCUT2D eigenvalue weighted by Gasteiger charge is -2.35. The first kappa shape index (κ1) is 27.5. The topological polar surface area (TPSA) is 30.3 Å². The molecule has 0 N–H and O–H groups in total. The minimum atomic E-state index is 0.0684. The third kappa shape index (κ3) is 4.31. The Morgan fingerprint density at radius 2 is 1.38 bits per heavy atom. The summed E-state index contributed by atoms with van der Waals surface area (Å²) in [6, 6.07) is 37.9. The molecule has 0 amide bonds. The van der Waals surface area contributed by atoms with Crippen LogP contribution < -0.4 is 9.80 Å². The molecule has 0 bridgehead atoms. The smallest absolute Gasteiger partial charge is 0.0991 e. The van der Waals surface area contributed by atoms with Crippen LogP contribution in [-0.2, 0) is 5.41 Å². The van der Waals surface area contributed by atoms with Gasteiger partial charge in [0.15, 0.2) is 0 Å². The van der Waals surface area contributed by atoms with Crippen LogP contribution in [0, 0.1) is 16.7 Å². The molecule has 0 saturated carbocycles. The largest absolute Gasteiger partial charge is 0.364 e. The molecular weight excluding hydrogens is 546 g/mol. The molecule has 0 radical (unpaired) electrons. The van der Waals surface area contributed by atoms with E-state index in [-0.39, 0.29) is 10.8 Å². The Morgan fingerprint density at radius 3 is 2.07 bits per heavy atom. The average Bonchev–Trinajstić information content (AvgIpc) is 3.41. The number of anilines is 4. The fourth-order valence-electron chi connectivity index (χ4n) is 7.66. The highest BCUT2D eigenvalue weighted by molar-refractivity contribution is 6.27. The van der Waals surface area contributed by atoms with Gasteiger partial charge in [-0.05, 0) is 87.5 Å². The van der Waals surface area contributed by atoms with Crippen molar-refractivity contribution in [1.29, 1.82) is 5.26 Å². The molecule has 2 aliphatic rings. The number of rotatable bonds is 4. The molecule has 0 aromatic heterocycles. The summed E-state index contributed by atoms with van der Waals surface area (Å²) >= 11 is 0. The van der Waals surface area contributed by atoms with E-state index in [9.17, 15) is 5.26 Å². The monoisotopic (exact) mass is 583 g/mol.